The predicted molar refractivity (Wildman–Crippen MR) is 78.9 cm³/mol. The van der Waals surface area contributed by atoms with Crippen LogP contribution in [-0.2, 0) is 11.3 Å². The first-order chi connectivity index (χ1) is 9.65. The summed E-state index contributed by atoms with van der Waals surface area (Å²) in [6.07, 6.45) is 3.69. The van der Waals surface area contributed by atoms with Crippen molar-refractivity contribution in [2.24, 2.45) is 5.92 Å². The SMILES string of the molecule is C[C@H]1CCCN(C(=O)Cn2cnc3ccsc3c2=O)C1. The minimum atomic E-state index is -0.122. The lowest BCUT2D eigenvalue weighted by Crippen LogP contribution is -2.42. The molecule has 2 aromatic heterocycles. The van der Waals surface area contributed by atoms with Crippen molar-refractivity contribution in [3.63, 3.8) is 0 Å². The number of fused-ring (bicyclic) bond motifs is 1. The standard InChI is InChI=1S/C14H17N3O2S/c1-10-3-2-5-16(7-10)12(18)8-17-9-15-11-4-6-20-13(11)14(17)19/h4,6,9-10H,2-3,5,7-8H2,1H3/t10-/m0/s1. The van der Waals surface area contributed by atoms with Crippen LogP contribution in [0.2, 0.25) is 0 Å². The van der Waals surface area contributed by atoms with Gasteiger partial charge < -0.3 is 4.90 Å². The number of likely N-dealkylation sites (tertiary alicyclic amines) is 1. The predicted octanol–water partition coefficient (Wildman–Crippen LogP) is 1.72. The van der Waals surface area contributed by atoms with Gasteiger partial charge in [0, 0.05) is 13.1 Å². The Balaban J connectivity index is 1.80. The molecule has 0 N–H and O–H groups in total. The minimum Gasteiger partial charge on any atom is -0.341 e. The molecule has 6 heteroatoms. The minimum absolute atomic E-state index is 0.0105. The zero-order valence-corrected chi connectivity index (χ0v) is 12.2. The van der Waals surface area contributed by atoms with Crippen LogP contribution in [0.4, 0.5) is 0 Å². The van der Waals surface area contributed by atoms with Gasteiger partial charge in [0.15, 0.2) is 0 Å². The van der Waals surface area contributed by atoms with Gasteiger partial charge in [-0.1, -0.05) is 6.92 Å². The summed E-state index contributed by atoms with van der Waals surface area (Å²) in [6, 6.07) is 1.82. The molecule has 0 aliphatic carbocycles. The second-order valence-corrected chi connectivity index (χ2v) is 6.32. The smallest absolute Gasteiger partial charge is 0.271 e. The fourth-order valence-electron chi connectivity index (χ4n) is 2.65. The van der Waals surface area contributed by atoms with Gasteiger partial charge in [-0.25, -0.2) is 4.98 Å². The summed E-state index contributed by atoms with van der Waals surface area (Å²) in [5.41, 5.74) is 0.582. The van der Waals surface area contributed by atoms with Gasteiger partial charge in [-0.05, 0) is 30.2 Å². The fraction of sp³-hybridized carbons (Fsp3) is 0.500. The van der Waals surface area contributed by atoms with E-state index in [4.69, 9.17) is 0 Å². The van der Waals surface area contributed by atoms with E-state index in [9.17, 15) is 9.59 Å². The number of carbonyl (C=O) groups is 1. The molecule has 1 saturated heterocycles. The molecule has 0 saturated carbocycles. The van der Waals surface area contributed by atoms with Crippen LogP contribution in [0.15, 0.2) is 22.6 Å². The van der Waals surface area contributed by atoms with E-state index >= 15 is 0 Å². The molecular formula is C14H17N3O2S. The number of nitrogens with zero attached hydrogens (tertiary/aromatic N) is 3. The van der Waals surface area contributed by atoms with E-state index in [0.717, 1.165) is 19.5 Å². The van der Waals surface area contributed by atoms with Gasteiger partial charge >= 0.3 is 0 Å². The van der Waals surface area contributed by atoms with Crippen LogP contribution in [0.5, 0.6) is 0 Å². The number of carbonyl (C=O) groups excluding carboxylic acids is 1. The molecule has 3 rings (SSSR count). The van der Waals surface area contributed by atoms with E-state index in [1.165, 1.54) is 28.7 Å². The second kappa shape index (κ2) is 5.36. The van der Waals surface area contributed by atoms with Crippen molar-refractivity contribution in [3.05, 3.63) is 28.1 Å². The molecule has 20 heavy (non-hydrogen) atoms. The van der Waals surface area contributed by atoms with Crippen molar-refractivity contribution in [2.45, 2.75) is 26.3 Å². The summed E-state index contributed by atoms with van der Waals surface area (Å²) in [4.78, 5) is 30.6. The second-order valence-electron chi connectivity index (χ2n) is 5.40. The largest absolute Gasteiger partial charge is 0.341 e. The van der Waals surface area contributed by atoms with Crippen molar-refractivity contribution in [3.8, 4) is 0 Å². The molecule has 106 valence electrons. The Kier molecular flexibility index (Phi) is 3.56. The molecule has 1 amide bonds. The first-order valence-corrected chi connectivity index (χ1v) is 7.73. The lowest BCUT2D eigenvalue weighted by molar-refractivity contribution is -0.133. The first kappa shape index (κ1) is 13.3. The molecule has 1 aliphatic rings. The normalized spacial score (nSPS) is 19.4. The van der Waals surface area contributed by atoms with Crippen molar-refractivity contribution in [1.29, 1.82) is 0 Å². The molecule has 5 nitrogen and oxygen atoms in total. The summed E-state index contributed by atoms with van der Waals surface area (Å²) in [6.45, 7) is 3.84. The third kappa shape index (κ3) is 2.47. The van der Waals surface area contributed by atoms with Gasteiger partial charge in [-0.2, -0.15) is 0 Å². The summed E-state index contributed by atoms with van der Waals surface area (Å²) in [5, 5.41) is 1.84. The molecule has 0 radical (unpaired) electrons. The van der Waals surface area contributed by atoms with E-state index in [1.54, 1.807) is 0 Å². The van der Waals surface area contributed by atoms with E-state index in [2.05, 4.69) is 11.9 Å². The van der Waals surface area contributed by atoms with E-state index in [1.807, 2.05) is 16.3 Å². The third-order valence-electron chi connectivity index (χ3n) is 3.75. The molecule has 1 fully saturated rings. The Morgan fingerprint density at radius 1 is 1.55 bits per heavy atom. The molecule has 3 heterocycles. The van der Waals surface area contributed by atoms with Crippen LogP contribution in [0.3, 0.4) is 0 Å². The average Bonchev–Trinajstić information content (AvgIpc) is 2.91. The number of aromatic nitrogens is 2. The molecule has 2 aromatic rings. The number of piperidine rings is 1. The highest BCUT2D eigenvalue weighted by Gasteiger charge is 2.21. The molecule has 1 atom stereocenters. The van der Waals surface area contributed by atoms with Crippen LogP contribution in [-0.4, -0.2) is 33.4 Å². The zero-order valence-electron chi connectivity index (χ0n) is 11.4. The molecule has 0 bridgehead atoms. The number of hydrogen-bond acceptors (Lipinski definition) is 4. The van der Waals surface area contributed by atoms with Crippen LogP contribution in [0.25, 0.3) is 10.2 Å². The fourth-order valence-corrected chi connectivity index (χ4v) is 3.45. The Morgan fingerprint density at radius 2 is 2.40 bits per heavy atom. The Bertz CT molecular complexity index is 691. The van der Waals surface area contributed by atoms with E-state index in [0.29, 0.717) is 16.1 Å². The van der Waals surface area contributed by atoms with Gasteiger partial charge in [0.05, 0.1) is 11.8 Å². The van der Waals surface area contributed by atoms with Gasteiger partial charge in [-0.3, -0.25) is 14.2 Å². The van der Waals surface area contributed by atoms with Gasteiger partial charge in [-0.15, -0.1) is 11.3 Å². The van der Waals surface area contributed by atoms with Crippen LogP contribution >= 0.6 is 11.3 Å². The molecule has 1 aliphatic heterocycles. The van der Waals surface area contributed by atoms with Crippen LogP contribution in [0, 0.1) is 5.92 Å². The highest BCUT2D eigenvalue weighted by Crippen LogP contribution is 2.16. The molecule has 0 spiro atoms. The molecule has 0 unspecified atom stereocenters. The first-order valence-electron chi connectivity index (χ1n) is 6.85. The maximum Gasteiger partial charge on any atom is 0.271 e. The van der Waals surface area contributed by atoms with Crippen LogP contribution in [0.1, 0.15) is 19.8 Å². The van der Waals surface area contributed by atoms with Gasteiger partial charge in [0.1, 0.15) is 11.2 Å². The summed E-state index contributed by atoms with van der Waals surface area (Å²) < 4.78 is 2.03. The van der Waals surface area contributed by atoms with E-state index in [-0.39, 0.29) is 18.0 Å². The quantitative estimate of drug-likeness (QED) is 0.846. The van der Waals surface area contributed by atoms with E-state index < -0.39 is 0 Å². The summed E-state index contributed by atoms with van der Waals surface area (Å²) in [5.74, 6) is 0.554. The Hall–Kier alpha value is -1.69. The van der Waals surface area contributed by atoms with Crippen molar-refractivity contribution in [2.75, 3.05) is 13.1 Å². The zero-order chi connectivity index (χ0) is 14.1. The topological polar surface area (TPSA) is 55.2 Å². The van der Waals surface area contributed by atoms with Crippen molar-refractivity contribution in [1.82, 2.24) is 14.5 Å². The lowest BCUT2D eigenvalue weighted by Gasteiger charge is -2.31. The number of hydrogen-bond donors (Lipinski definition) is 0. The highest BCUT2D eigenvalue weighted by atomic mass is 32.1. The maximum atomic E-state index is 12.3. The average molecular weight is 291 g/mol. The summed E-state index contributed by atoms with van der Waals surface area (Å²) >= 11 is 1.37. The van der Waals surface area contributed by atoms with Crippen LogP contribution < -0.4 is 5.56 Å². The summed E-state index contributed by atoms with van der Waals surface area (Å²) in [7, 11) is 0. The highest BCUT2D eigenvalue weighted by molar-refractivity contribution is 7.17. The van der Waals surface area contributed by atoms with Crippen molar-refractivity contribution >= 4 is 27.5 Å². The third-order valence-corrected chi connectivity index (χ3v) is 4.64. The van der Waals surface area contributed by atoms with Crippen molar-refractivity contribution < 1.29 is 4.79 Å². The lowest BCUT2D eigenvalue weighted by atomic mass is 10.0. The van der Waals surface area contributed by atoms with Gasteiger partial charge in [0.25, 0.3) is 5.56 Å². The molecular weight excluding hydrogens is 274 g/mol. The maximum absolute atomic E-state index is 12.3. The molecule has 0 aromatic carbocycles. The Morgan fingerprint density at radius 3 is 3.20 bits per heavy atom. The van der Waals surface area contributed by atoms with Gasteiger partial charge in [0.2, 0.25) is 5.91 Å². The number of thiophene rings is 1. The Labute approximate surface area is 120 Å². The number of rotatable bonds is 2. The number of amides is 1. The monoisotopic (exact) mass is 291 g/mol.